The first kappa shape index (κ1) is 10.5. The highest BCUT2D eigenvalue weighted by atomic mass is 32.1. The number of aryl methyl sites for hydroxylation is 1. The Hall–Kier alpha value is -0.630. The summed E-state index contributed by atoms with van der Waals surface area (Å²) in [7, 11) is 0. The summed E-state index contributed by atoms with van der Waals surface area (Å²) in [5.74, 6) is 0.845. The summed E-state index contributed by atoms with van der Waals surface area (Å²) in [5.41, 5.74) is 2.72. The highest BCUT2D eigenvalue weighted by Crippen LogP contribution is 2.10. The normalized spacial score (nSPS) is 12.0. The third-order valence-corrected chi connectivity index (χ3v) is 2.24. The summed E-state index contributed by atoms with van der Waals surface area (Å²) in [5, 5.41) is 0. The Bertz CT molecular complexity index is 249. The molecule has 0 atom stereocenters. The van der Waals surface area contributed by atoms with Crippen molar-refractivity contribution in [3.05, 3.63) is 35.8 Å². The molecule has 0 amide bonds. The number of hydrogen-bond donors (Lipinski definition) is 1. The van der Waals surface area contributed by atoms with E-state index in [1.165, 1.54) is 17.6 Å². The SMILES string of the molecule is C/C(=C\CS)CCCc1ccoc1. The topological polar surface area (TPSA) is 13.1 Å². The second-order valence-electron chi connectivity index (χ2n) is 3.22. The number of hydrogen-bond acceptors (Lipinski definition) is 2. The summed E-state index contributed by atoms with van der Waals surface area (Å²) in [6, 6.07) is 2.03. The van der Waals surface area contributed by atoms with Gasteiger partial charge in [-0.25, -0.2) is 0 Å². The Labute approximate surface area is 85.2 Å². The summed E-state index contributed by atoms with van der Waals surface area (Å²) >= 11 is 4.15. The van der Waals surface area contributed by atoms with Crippen LogP contribution in [0.15, 0.2) is 34.7 Å². The molecule has 1 heterocycles. The van der Waals surface area contributed by atoms with E-state index in [-0.39, 0.29) is 0 Å². The molecule has 0 unspecified atom stereocenters. The van der Waals surface area contributed by atoms with E-state index in [2.05, 4.69) is 25.6 Å². The van der Waals surface area contributed by atoms with Crippen molar-refractivity contribution in [1.82, 2.24) is 0 Å². The van der Waals surface area contributed by atoms with Crippen molar-refractivity contribution in [2.75, 3.05) is 5.75 Å². The van der Waals surface area contributed by atoms with Gasteiger partial charge in [-0.2, -0.15) is 12.6 Å². The Morgan fingerprint density at radius 3 is 3.08 bits per heavy atom. The molecule has 0 aromatic carbocycles. The first-order valence-corrected chi connectivity index (χ1v) is 5.23. The zero-order chi connectivity index (χ0) is 9.52. The molecule has 0 aliphatic heterocycles. The minimum Gasteiger partial charge on any atom is -0.472 e. The van der Waals surface area contributed by atoms with Crippen LogP contribution in [0.4, 0.5) is 0 Å². The molecule has 0 N–H and O–H groups in total. The van der Waals surface area contributed by atoms with Gasteiger partial charge in [-0.15, -0.1) is 0 Å². The minimum absolute atomic E-state index is 0.845. The Balaban J connectivity index is 2.18. The lowest BCUT2D eigenvalue weighted by Crippen LogP contribution is -1.84. The van der Waals surface area contributed by atoms with E-state index in [9.17, 15) is 0 Å². The number of thiol groups is 1. The molecule has 13 heavy (non-hydrogen) atoms. The average molecular weight is 196 g/mol. The molecule has 1 nitrogen and oxygen atoms in total. The van der Waals surface area contributed by atoms with E-state index in [0.29, 0.717) is 0 Å². The van der Waals surface area contributed by atoms with Crippen LogP contribution in [0.3, 0.4) is 0 Å². The van der Waals surface area contributed by atoms with Gasteiger partial charge in [0.2, 0.25) is 0 Å². The van der Waals surface area contributed by atoms with Crippen molar-refractivity contribution >= 4 is 12.6 Å². The van der Waals surface area contributed by atoms with Crippen LogP contribution in [-0.4, -0.2) is 5.75 Å². The first-order chi connectivity index (χ1) is 6.33. The maximum Gasteiger partial charge on any atom is 0.0934 e. The predicted octanol–water partition coefficient (Wildman–Crippen LogP) is 3.48. The van der Waals surface area contributed by atoms with Crippen LogP contribution in [0.5, 0.6) is 0 Å². The molecule has 1 aromatic heterocycles. The zero-order valence-electron chi connectivity index (χ0n) is 7.99. The van der Waals surface area contributed by atoms with Gasteiger partial charge in [-0.3, -0.25) is 0 Å². The van der Waals surface area contributed by atoms with Crippen molar-refractivity contribution in [3.8, 4) is 0 Å². The summed E-state index contributed by atoms with van der Waals surface area (Å²) in [6.07, 6.45) is 9.16. The van der Waals surface area contributed by atoms with E-state index in [1.807, 2.05) is 12.3 Å². The molecule has 0 bridgehead atoms. The summed E-state index contributed by atoms with van der Waals surface area (Å²) in [4.78, 5) is 0. The molecule has 1 aromatic rings. The van der Waals surface area contributed by atoms with Crippen LogP contribution < -0.4 is 0 Å². The van der Waals surface area contributed by atoms with Gasteiger partial charge in [0.15, 0.2) is 0 Å². The van der Waals surface area contributed by atoms with Crippen molar-refractivity contribution < 1.29 is 4.42 Å². The van der Waals surface area contributed by atoms with Crippen LogP contribution in [0.2, 0.25) is 0 Å². The second kappa shape index (κ2) is 5.92. The zero-order valence-corrected chi connectivity index (χ0v) is 8.89. The van der Waals surface area contributed by atoms with Crippen molar-refractivity contribution in [3.63, 3.8) is 0 Å². The van der Waals surface area contributed by atoms with E-state index in [0.717, 1.165) is 18.6 Å². The standard InChI is InChI=1S/C11H16OS/c1-10(6-8-13)3-2-4-11-5-7-12-9-11/h5-7,9,13H,2-4,8H2,1H3/b10-6+. The molecule has 0 aliphatic rings. The van der Waals surface area contributed by atoms with Gasteiger partial charge in [0.1, 0.15) is 0 Å². The smallest absolute Gasteiger partial charge is 0.0934 e. The minimum atomic E-state index is 0.845. The van der Waals surface area contributed by atoms with E-state index in [4.69, 9.17) is 4.42 Å². The lowest BCUT2D eigenvalue weighted by atomic mass is 10.1. The molecule has 0 aliphatic carbocycles. The van der Waals surface area contributed by atoms with Crippen LogP contribution >= 0.6 is 12.6 Å². The lowest BCUT2D eigenvalue weighted by molar-refractivity contribution is 0.563. The number of furan rings is 1. The third-order valence-electron chi connectivity index (χ3n) is 2.06. The fraction of sp³-hybridized carbons (Fsp3) is 0.455. The van der Waals surface area contributed by atoms with Gasteiger partial charge in [-0.05, 0) is 37.8 Å². The molecule has 0 saturated heterocycles. The van der Waals surface area contributed by atoms with E-state index >= 15 is 0 Å². The van der Waals surface area contributed by atoms with Crippen molar-refractivity contribution in [1.29, 1.82) is 0 Å². The maximum atomic E-state index is 4.99. The average Bonchev–Trinajstić information content (AvgIpc) is 2.57. The van der Waals surface area contributed by atoms with Gasteiger partial charge in [0.25, 0.3) is 0 Å². The number of rotatable bonds is 5. The van der Waals surface area contributed by atoms with Gasteiger partial charge in [0.05, 0.1) is 12.5 Å². The lowest BCUT2D eigenvalue weighted by Gasteiger charge is -1.99. The summed E-state index contributed by atoms with van der Waals surface area (Å²) in [6.45, 7) is 2.16. The fourth-order valence-corrected chi connectivity index (χ4v) is 1.58. The number of allylic oxidation sites excluding steroid dienone is 1. The van der Waals surface area contributed by atoms with Crippen molar-refractivity contribution in [2.24, 2.45) is 0 Å². The molecule has 0 saturated carbocycles. The largest absolute Gasteiger partial charge is 0.472 e. The Morgan fingerprint density at radius 2 is 2.46 bits per heavy atom. The van der Waals surface area contributed by atoms with Crippen molar-refractivity contribution in [2.45, 2.75) is 26.2 Å². The monoisotopic (exact) mass is 196 g/mol. The van der Waals surface area contributed by atoms with Gasteiger partial charge in [0, 0.05) is 5.75 Å². The predicted molar refractivity (Wildman–Crippen MR) is 59.3 cm³/mol. The molecule has 0 radical (unpaired) electrons. The maximum absolute atomic E-state index is 4.99. The molecular weight excluding hydrogens is 180 g/mol. The van der Waals surface area contributed by atoms with Crippen LogP contribution in [0.1, 0.15) is 25.3 Å². The first-order valence-electron chi connectivity index (χ1n) is 4.60. The molecule has 2 heteroatoms. The van der Waals surface area contributed by atoms with E-state index < -0.39 is 0 Å². The van der Waals surface area contributed by atoms with Gasteiger partial charge < -0.3 is 4.42 Å². The quantitative estimate of drug-likeness (QED) is 0.562. The highest BCUT2D eigenvalue weighted by molar-refractivity contribution is 7.80. The van der Waals surface area contributed by atoms with Gasteiger partial charge in [-0.1, -0.05) is 11.6 Å². The molecule has 1 rings (SSSR count). The van der Waals surface area contributed by atoms with Crippen LogP contribution in [-0.2, 0) is 6.42 Å². The Kier molecular flexibility index (Phi) is 4.76. The van der Waals surface area contributed by atoms with Gasteiger partial charge >= 0.3 is 0 Å². The van der Waals surface area contributed by atoms with Crippen LogP contribution in [0, 0.1) is 0 Å². The molecule has 0 fully saturated rings. The second-order valence-corrected chi connectivity index (χ2v) is 3.58. The van der Waals surface area contributed by atoms with Crippen LogP contribution in [0.25, 0.3) is 0 Å². The third kappa shape index (κ3) is 4.23. The molecule has 0 spiro atoms. The molecular formula is C11H16OS. The van der Waals surface area contributed by atoms with E-state index in [1.54, 1.807) is 6.26 Å². The molecule has 72 valence electrons. The summed E-state index contributed by atoms with van der Waals surface area (Å²) < 4.78 is 4.99. The Morgan fingerprint density at radius 1 is 1.62 bits per heavy atom. The fourth-order valence-electron chi connectivity index (χ4n) is 1.26. The highest BCUT2D eigenvalue weighted by Gasteiger charge is 1.94.